The molecule has 0 saturated carbocycles. The van der Waals surface area contributed by atoms with Crippen molar-refractivity contribution in [3.63, 3.8) is 0 Å². The average Bonchev–Trinajstić information content (AvgIpc) is 2.25. The van der Waals surface area contributed by atoms with Gasteiger partial charge in [-0.2, -0.15) is 0 Å². The third-order valence-corrected chi connectivity index (χ3v) is 3.19. The summed E-state index contributed by atoms with van der Waals surface area (Å²) in [6.45, 7) is 4.75. The van der Waals surface area contributed by atoms with Crippen molar-refractivity contribution in [1.29, 1.82) is 0 Å². The van der Waals surface area contributed by atoms with E-state index < -0.39 is 0 Å². The Hall–Kier alpha value is -0.0400. The van der Waals surface area contributed by atoms with Crippen LogP contribution in [0.2, 0.25) is 0 Å². The quantitative estimate of drug-likeness (QED) is 0.614. The number of rotatable bonds is 7. The fourth-order valence-corrected chi connectivity index (χ4v) is 2.18. The second kappa shape index (κ2) is 8.28. The molecule has 1 aliphatic rings. The van der Waals surface area contributed by atoms with Gasteiger partial charge in [-0.25, -0.2) is 0 Å². The molecular formula is C13H26N. The Balaban J connectivity index is 1.82. The lowest BCUT2D eigenvalue weighted by Gasteiger charge is -2.22. The summed E-state index contributed by atoms with van der Waals surface area (Å²) < 4.78 is 0. The van der Waals surface area contributed by atoms with Crippen LogP contribution in [0.3, 0.4) is 0 Å². The van der Waals surface area contributed by atoms with Gasteiger partial charge >= 0.3 is 0 Å². The summed E-state index contributed by atoms with van der Waals surface area (Å²) in [5.41, 5.74) is 0. The molecule has 1 nitrogen and oxygen atoms in total. The molecule has 0 atom stereocenters. The molecule has 0 amide bonds. The summed E-state index contributed by atoms with van der Waals surface area (Å²) in [5, 5.41) is 3.41. The summed E-state index contributed by atoms with van der Waals surface area (Å²) in [5.74, 6) is 0.919. The van der Waals surface area contributed by atoms with Gasteiger partial charge in [0.1, 0.15) is 0 Å². The minimum Gasteiger partial charge on any atom is -0.317 e. The summed E-state index contributed by atoms with van der Waals surface area (Å²) >= 11 is 0. The number of hydrogen-bond donors (Lipinski definition) is 1. The number of unbranched alkanes of at least 4 members (excludes halogenated alkanes) is 5. The van der Waals surface area contributed by atoms with Crippen LogP contribution in [-0.2, 0) is 0 Å². The molecule has 0 aromatic carbocycles. The molecule has 1 fully saturated rings. The fourth-order valence-electron chi connectivity index (χ4n) is 2.18. The van der Waals surface area contributed by atoms with Crippen LogP contribution in [0, 0.1) is 12.3 Å². The average molecular weight is 196 g/mol. The van der Waals surface area contributed by atoms with E-state index in [2.05, 4.69) is 18.7 Å². The van der Waals surface area contributed by atoms with Gasteiger partial charge in [-0.05, 0) is 44.7 Å². The highest BCUT2D eigenvalue weighted by Gasteiger charge is 2.11. The molecule has 1 radical (unpaired) electrons. The Kier molecular flexibility index (Phi) is 7.12. The highest BCUT2D eigenvalue weighted by Crippen LogP contribution is 2.18. The SMILES string of the molecule is CCCCCCC[CH]C1CCNCC1. The van der Waals surface area contributed by atoms with Gasteiger partial charge in [0.15, 0.2) is 0 Å². The molecule has 1 N–H and O–H groups in total. The molecule has 0 spiro atoms. The summed E-state index contributed by atoms with van der Waals surface area (Å²) in [4.78, 5) is 0. The minimum absolute atomic E-state index is 0.919. The van der Waals surface area contributed by atoms with Crippen molar-refractivity contribution in [3.05, 3.63) is 6.42 Å². The minimum atomic E-state index is 0.919. The summed E-state index contributed by atoms with van der Waals surface area (Å²) in [6, 6.07) is 0. The van der Waals surface area contributed by atoms with E-state index in [1.165, 1.54) is 64.5 Å². The molecule has 0 aromatic heterocycles. The Morgan fingerprint density at radius 2 is 1.79 bits per heavy atom. The van der Waals surface area contributed by atoms with Crippen molar-refractivity contribution in [1.82, 2.24) is 5.32 Å². The molecule has 1 heteroatoms. The van der Waals surface area contributed by atoms with Crippen LogP contribution in [0.1, 0.15) is 58.3 Å². The van der Waals surface area contributed by atoms with Gasteiger partial charge in [0.25, 0.3) is 0 Å². The van der Waals surface area contributed by atoms with Crippen molar-refractivity contribution in [2.45, 2.75) is 58.3 Å². The number of hydrogen-bond acceptors (Lipinski definition) is 1. The van der Waals surface area contributed by atoms with Gasteiger partial charge in [0, 0.05) is 0 Å². The molecule has 1 aliphatic heterocycles. The van der Waals surface area contributed by atoms with E-state index in [0.717, 1.165) is 5.92 Å². The smallest absolute Gasteiger partial charge is 0.00462 e. The third-order valence-electron chi connectivity index (χ3n) is 3.19. The molecule has 0 unspecified atom stereocenters. The third kappa shape index (κ3) is 5.64. The van der Waals surface area contributed by atoms with Gasteiger partial charge in [0.2, 0.25) is 0 Å². The van der Waals surface area contributed by atoms with Crippen molar-refractivity contribution >= 4 is 0 Å². The van der Waals surface area contributed by atoms with Crippen molar-refractivity contribution in [2.75, 3.05) is 13.1 Å². The molecule has 14 heavy (non-hydrogen) atoms. The van der Waals surface area contributed by atoms with E-state index in [4.69, 9.17) is 0 Å². The highest BCUT2D eigenvalue weighted by atomic mass is 14.9. The number of piperidine rings is 1. The summed E-state index contributed by atoms with van der Waals surface area (Å²) in [7, 11) is 0. The maximum absolute atomic E-state index is 3.41. The molecule has 1 heterocycles. The molecule has 1 saturated heterocycles. The van der Waals surface area contributed by atoms with Crippen LogP contribution in [-0.4, -0.2) is 13.1 Å². The molecule has 83 valence electrons. The normalized spacial score (nSPS) is 18.6. The first-order chi connectivity index (χ1) is 6.93. The van der Waals surface area contributed by atoms with Gasteiger partial charge < -0.3 is 5.32 Å². The molecule has 0 aromatic rings. The maximum Gasteiger partial charge on any atom is -0.00462 e. The van der Waals surface area contributed by atoms with Gasteiger partial charge in [-0.3, -0.25) is 0 Å². The van der Waals surface area contributed by atoms with Crippen LogP contribution in [0.4, 0.5) is 0 Å². The van der Waals surface area contributed by atoms with Crippen molar-refractivity contribution in [3.8, 4) is 0 Å². The Morgan fingerprint density at radius 3 is 2.50 bits per heavy atom. The van der Waals surface area contributed by atoms with Crippen LogP contribution >= 0.6 is 0 Å². The van der Waals surface area contributed by atoms with E-state index >= 15 is 0 Å². The zero-order valence-corrected chi connectivity index (χ0v) is 9.73. The Labute approximate surface area is 89.7 Å². The lowest BCUT2D eigenvalue weighted by Crippen LogP contribution is -2.27. The fraction of sp³-hybridized carbons (Fsp3) is 0.923. The van der Waals surface area contributed by atoms with E-state index in [0.29, 0.717) is 0 Å². The molecular weight excluding hydrogens is 170 g/mol. The van der Waals surface area contributed by atoms with Gasteiger partial charge in [-0.1, -0.05) is 39.0 Å². The first kappa shape index (κ1) is 12.0. The van der Waals surface area contributed by atoms with E-state index in [1.54, 1.807) is 0 Å². The molecule has 1 rings (SSSR count). The number of nitrogens with one attached hydrogen (secondary N) is 1. The second-order valence-electron chi connectivity index (χ2n) is 4.53. The second-order valence-corrected chi connectivity index (χ2v) is 4.53. The first-order valence-corrected chi connectivity index (χ1v) is 6.47. The van der Waals surface area contributed by atoms with Crippen LogP contribution in [0.15, 0.2) is 0 Å². The van der Waals surface area contributed by atoms with E-state index in [1.807, 2.05) is 0 Å². The monoisotopic (exact) mass is 196 g/mol. The summed E-state index contributed by atoms with van der Waals surface area (Å²) in [6.07, 6.45) is 13.8. The van der Waals surface area contributed by atoms with Crippen LogP contribution < -0.4 is 5.32 Å². The van der Waals surface area contributed by atoms with Crippen molar-refractivity contribution < 1.29 is 0 Å². The van der Waals surface area contributed by atoms with Crippen LogP contribution in [0.5, 0.6) is 0 Å². The molecule has 0 aliphatic carbocycles. The first-order valence-electron chi connectivity index (χ1n) is 6.47. The van der Waals surface area contributed by atoms with Gasteiger partial charge in [-0.15, -0.1) is 0 Å². The zero-order chi connectivity index (χ0) is 10.1. The standard InChI is InChI=1S/C13H26N/c1-2-3-4-5-6-7-8-13-9-11-14-12-10-13/h8,13-14H,2-7,9-12H2,1H3. The van der Waals surface area contributed by atoms with Crippen LogP contribution in [0.25, 0.3) is 0 Å². The predicted octanol–water partition coefficient (Wildman–Crippen LogP) is 3.55. The lowest BCUT2D eigenvalue weighted by atomic mass is 9.92. The van der Waals surface area contributed by atoms with E-state index in [-0.39, 0.29) is 0 Å². The topological polar surface area (TPSA) is 12.0 Å². The largest absolute Gasteiger partial charge is 0.317 e. The van der Waals surface area contributed by atoms with E-state index in [9.17, 15) is 0 Å². The predicted molar refractivity (Wildman–Crippen MR) is 63.3 cm³/mol. The Bertz CT molecular complexity index is 116. The van der Waals surface area contributed by atoms with Crippen molar-refractivity contribution in [2.24, 2.45) is 5.92 Å². The highest BCUT2D eigenvalue weighted by molar-refractivity contribution is 4.80. The maximum atomic E-state index is 3.41. The molecule has 0 bridgehead atoms. The zero-order valence-electron chi connectivity index (χ0n) is 9.73. The lowest BCUT2D eigenvalue weighted by molar-refractivity contribution is 0.403. The van der Waals surface area contributed by atoms with Gasteiger partial charge in [0.05, 0.1) is 0 Å². The Morgan fingerprint density at radius 1 is 1.07 bits per heavy atom.